The molecule has 22 heavy (non-hydrogen) atoms. The Morgan fingerprint density at radius 2 is 2.05 bits per heavy atom. The standard InChI is InChI=1S/C14H23N5OS.HI/c1-15-14(16-11-12(20)17(2)3)19-8-6-18(7-9-19)13-5-4-10-21-13;/h4-5,10H,6-9,11H2,1-3H3,(H,15,16);1H. The number of guanidine groups is 1. The summed E-state index contributed by atoms with van der Waals surface area (Å²) in [7, 11) is 5.27. The molecular formula is C14H24IN5OS. The van der Waals surface area contributed by atoms with Crippen molar-refractivity contribution in [1.29, 1.82) is 0 Å². The maximum atomic E-state index is 11.6. The lowest BCUT2D eigenvalue weighted by molar-refractivity contribution is -0.127. The topological polar surface area (TPSA) is 51.2 Å². The van der Waals surface area contributed by atoms with Crippen LogP contribution in [0.3, 0.4) is 0 Å². The highest BCUT2D eigenvalue weighted by Crippen LogP contribution is 2.22. The van der Waals surface area contributed by atoms with Crippen LogP contribution >= 0.6 is 35.3 Å². The first-order valence-electron chi connectivity index (χ1n) is 7.06. The number of anilines is 1. The largest absolute Gasteiger partial charge is 0.360 e. The normalized spacial score (nSPS) is 15.3. The Balaban J connectivity index is 0.00000242. The van der Waals surface area contributed by atoms with Crippen LogP contribution in [0.1, 0.15) is 0 Å². The minimum Gasteiger partial charge on any atom is -0.360 e. The number of amides is 1. The van der Waals surface area contributed by atoms with Gasteiger partial charge in [-0.3, -0.25) is 9.79 Å². The smallest absolute Gasteiger partial charge is 0.241 e. The van der Waals surface area contributed by atoms with Crippen molar-refractivity contribution < 1.29 is 4.79 Å². The molecule has 0 saturated carbocycles. The fourth-order valence-corrected chi connectivity index (χ4v) is 3.02. The Hall–Kier alpha value is -1.03. The van der Waals surface area contributed by atoms with Crippen LogP contribution in [-0.4, -0.2) is 75.5 Å². The number of hydrogen-bond donors (Lipinski definition) is 1. The van der Waals surface area contributed by atoms with Gasteiger partial charge in [0.1, 0.15) is 0 Å². The van der Waals surface area contributed by atoms with Gasteiger partial charge in [0.2, 0.25) is 5.91 Å². The third-order valence-corrected chi connectivity index (χ3v) is 4.43. The second-order valence-corrected chi connectivity index (χ2v) is 6.04. The Labute approximate surface area is 153 Å². The molecule has 1 amide bonds. The Morgan fingerprint density at radius 3 is 2.55 bits per heavy atom. The van der Waals surface area contributed by atoms with Gasteiger partial charge in [-0.15, -0.1) is 35.3 Å². The number of halogens is 1. The quantitative estimate of drug-likeness (QED) is 0.438. The molecule has 0 unspecified atom stereocenters. The van der Waals surface area contributed by atoms with Crippen LogP contribution in [0.15, 0.2) is 22.5 Å². The van der Waals surface area contributed by atoms with Crippen molar-refractivity contribution in [3.8, 4) is 0 Å². The molecule has 1 fully saturated rings. The summed E-state index contributed by atoms with van der Waals surface area (Å²) in [6.45, 7) is 4.05. The molecule has 0 bridgehead atoms. The van der Waals surface area contributed by atoms with Gasteiger partial charge >= 0.3 is 0 Å². The Kier molecular flexibility index (Phi) is 7.94. The van der Waals surface area contributed by atoms with Crippen molar-refractivity contribution in [2.24, 2.45) is 4.99 Å². The van der Waals surface area contributed by atoms with Crippen LogP contribution in [0.25, 0.3) is 0 Å². The molecule has 0 radical (unpaired) electrons. The summed E-state index contributed by atoms with van der Waals surface area (Å²) >= 11 is 1.77. The van der Waals surface area contributed by atoms with Gasteiger partial charge in [0.15, 0.2) is 5.96 Å². The average Bonchev–Trinajstić information content (AvgIpc) is 3.02. The third-order valence-electron chi connectivity index (χ3n) is 3.51. The zero-order chi connectivity index (χ0) is 15.2. The highest BCUT2D eigenvalue weighted by atomic mass is 127. The van der Waals surface area contributed by atoms with Crippen LogP contribution in [0.5, 0.6) is 0 Å². The lowest BCUT2D eigenvalue weighted by Crippen LogP contribution is -2.53. The molecule has 1 aromatic heterocycles. The minimum absolute atomic E-state index is 0. The van der Waals surface area contributed by atoms with Crippen molar-refractivity contribution in [2.75, 3.05) is 58.8 Å². The first kappa shape index (κ1) is 19.0. The number of thiophene rings is 1. The SMILES string of the molecule is CN=C(NCC(=O)N(C)C)N1CCN(c2cccs2)CC1.I. The summed E-state index contributed by atoms with van der Waals surface area (Å²) in [6, 6.07) is 4.24. The summed E-state index contributed by atoms with van der Waals surface area (Å²) < 4.78 is 0. The van der Waals surface area contributed by atoms with Crippen molar-refractivity contribution in [1.82, 2.24) is 15.1 Å². The molecule has 2 rings (SSSR count). The van der Waals surface area contributed by atoms with E-state index in [1.54, 1.807) is 37.4 Å². The van der Waals surface area contributed by atoms with E-state index in [0.29, 0.717) is 0 Å². The third kappa shape index (κ3) is 5.01. The first-order chi connectivity index (χ1) is 10.1. The molecule has 2 heterocycles. The molecule has 0 aliphatic carbocycles. The van der Waals surface area contributed by atoms with Crippen molar-refractivity contribution >= 4 is 52.2 Å². The molecule has 0 spiro atoms. The van der Waals surface area contributed by atoms with Crippen LogP contribution in [0, 0.1) is 0 Å². The lowest BCUT2D eigenvalue weighted by Gasteiger charge is -2.37. The van der Waals surface area contributed by atoms with E-state index < -0.39 is 0 Å². The molecule has 124 valence electrons. The molecule has 0 atom stereocenters. The highest BCUT2D eigenvalue weighted by Gasteiger charge is 2.20. The predicted molar refractivity (Wildman–Crippen MR) is 104 cm³/mol. The van der Waals surface area contributed by atoms with E-state index in [0.717, 1.165) is 32.1 Å². The highest BCUT2D eigenvalue weighted by molar-refractivity contribution is 14.0. The Morgan fingerprint density at radius 1 is 1.36 bits per heavy atom. The maximum Gasteiger partial charge on any atom is 0.241 e. The van der Waals surface area contributed by atoms with Crippen LogP contribution in [-0.2, 0) is 4.79 Å². The number of nitrogens with one attached hydrogen (secondary N) is 1. The number of piperazine rings is 1. The van der Waals surface area contributed by atoms with E-state index in [-0.39, 0.29) is 36.4 Å². The molecule has 1 aliphatic heterocycles. The number of likely N-dealkylation sites (N-methyl/N-ethyl adjacent to an activating group) is 1. The fourth-order valence-electron chi connectivity index (χ4n) is 2.23. The van der Waals surface area contributed by atoms with Gasteiger partial charge in [-0.05, 0) is 17.5 Å². The van der Waals surface area contributed by atoms with Gasteiger partial charge in [0.25, 0.3) is 0 Å². The van der Waals surface area contributed by atoms with Gasteiger partial charge in [-0.25, -0.2) is 0 Å². The predicted octanol–water partition coefficient (Wildman–Crippen LogP) is 1.15. The molecule has 0 aromatic carbocycles. The zero-order valence-corrected chi connectivity index (χ0v) is 16.4. The number of rotatable bonds is 3. The van der Waals surface area contributed by atoms with Crippen LogP contribution in [0.2, 0.25) is 0 Å². The average molecular weight is 437 g/mol. The summed E-state index contributed by atoms with van der Waals surface area (Å²) in [5.74, 6) is 0.851. The van der Waals surface area contributed by atoms with Crippen molar-refractivity contribution in [3.63, 3.8) is 0 Å². The minimum atomic E-state index is 0. The number of hydrogen-bond acceptors (Lipinski definition) is 4. The number of aliphatic imine (C=N–C) groups is 1. The van der Waals surface area contributed by atoms with E-state index >= 15 is 0 Å². The molecule has 1 saturated heterocycles. The second kappa shape index (κ2) is 9.19. The van der Waals surface area contributed by atoms with Crippen molar-refractivity contribution in [3.05, 3.63) is 17.5 Å². The Bertz CT molecular complexity index is 483. The summed E-state index contributed by atoms with van der Waals surface area (Å²) in [4.78, 5) is 22.1. The number of nitrogens with zero attached hydrogens (tertiary/aromatic N) is 4. The second-order valence-electron chi connectivity index (χ2n) is 5.11. The van der Waals surface area contributed by atoms with Gasteiger partial charge in [-0.2, -0.15) is 0 Å². The fraction of sp³-hybridized carbons (Fsp3) is 0.571. The van der Waals surface area contributed by atoms with Gasteiger partial charge in [0, 0.05) is 47.3 Å². The zero-order valence-electron chi connectivity index (χ0n) is 13.3. The molecule has 6 nitrogen and oxygen atoms in total. The van der Waals surface area contributed by atoms with Gasteiger partial charge < -0.3 is 20.0 Å². The van der Waals surface area contributed by atoms with E-state index in [1.807, 2.05) is 0 Å². The van der Waals surface area contributed by atoms with Gasteiger partial charge in [-0.1, -0.05) is 0 Å². The molecule has 1 aliphatic rings. The van der Waals surface area contributed by atoms with E-state index in [1.165, 1.54) is 5.00 Å². The number of carbonyl (C=O) groups is 1. The molecule has 8 heteroatoms. The molecule has 1 aromatic rings. The number of carbonyl (C=O) groups excluding carboxylic acids is 1. The van der Waals surface area contributed by atoms with Crippen LogP contribution in [0.4, 0.5) is 5.00 Å². The summed E-state index contributed by atoms with van der Waals surface area (Å²) in [5.41, 5.74) is 0. The monoisotopic (exact) mass is 437 g/mol. The summed E-state index contributed by atoms with van der Waals surface area (Å²) in [5, 5.41) is 6.56. The maximum absolute atomic E-state index is 11.6. The lowest BCUT2D eigenvalue weighted by atomic mass is 10.3. The molecule has 1 N–H and O–H groups in total. The van der Waals surface area contributed by atoms with E-state index in [2.05, 4.69) is 37.6 Å². The van der Waals surface area contributed by atoms with Gasteiger partial charge in [0.05, 0.1) is 11.5 Å². The van der Waals surface area contributed by atoms with E-state index in [4.69, 9.17) is 0 Å². The van der Waals surface area contributed by atoms with Crippen LogP contribution < -0.4 is 10.2 Å². The first-order valence-corrected chi connectivity index (χ1v) is 7.94. The molecular weight excluding hydrogens is 413 g/mol. The van der Waals surface area contributed by atoms with Crippen molar-refractivity contribution in [2.45, 2.75) is 0 Å². The summed E-state index contributed by atoms with van der Waals surface area (Å²) in [6.07, 6.45) is 0. The van der Waals surface area contributed by atoms with E-state index in [9.17, 15) is 4.79 Å².